The average Bonchev–Trinajstić information content (AvgIpc) is 2.72. The van der Waals surface area contributed by atoms with E-state index in [1.54, 1.807) is 12.1 Å². The Labute approximate surface area is 123 Å². The van der Waals surface area contributed by atoms with E-state index >= 15 is 0 Å². The number of hydrogen-bond acceptors (Lipinski definition) is 4. The van der Waals surface area contributed by atoms with Crippen molar-refractivity contribution in [2.45, 2.75) is 12.8 Å². The van der Waals surface area contributed by atoms with Crippen LogP contribution in [0.15, 0.2) is 18.3 Å². The molecule has 1 fully saturated rings. The lowest BCUT2D eigenvalue weighted by Gasteiger charge is -2.18. The minimum absolute atomic E-state index is 0.0218. The SMILES string of the molecule is O=C1CN(C(=O)c2ccc(C#CCCO)cn2)CCCN1. The minimum atomic E-state index is -0.248. The van der Waals surface area contributed by atoms with Crippen molar-refractivity contribution in [2.75, 3.05) is 26.2 Å². The van der Waals surface area contributed by atoms with Gasteiger partial charge in [-0.1, -0.05) is 11.8 Å². The van der Waals surface area contributed by atoms with E-state index in [1.807, 2.05) is 0 Å². The Morgan fingerprint density at radius 3 is 3.05 bits per heavy atom. The highest BCUT2D eigenvalue weighted by atomic mass is 16.2. The second-order valence-corrected chi connectivity index (χ2v) is 4.64. The molecule has 110 valence electrons. The lowest BCUT2D eigenvalue weighted by Crippen LogP contribution is -2.37. The van der Waals surface area contributed by atoms with Gasteiger partial charge in [0, 0.05) is 31.3 Å². The van der Waals surface area contributed by atoms with E-state index in [0.717, 1.165) is 6.42 Å². The Hall–Kier alpha value is -2.39. The van der Waals surface area contributed by atoms with Crippen molar-refractivity contribution < 1.29 is 14.7 Å². The maximum atomic E-state index is 12.3. The van der Waals surface area contributed by atoms with E-state index in [9.17, 15) is 9.59 Å². The molecule has 0 unspecified atom stereocenters. The van der Waals surface area contributed by atoms with Gasteiger partial charge in [-0.15, -0.1) is 0 Å². The van der Waals surface area contributed by atoms with Gasteiger partial charge >= 0.3 is 0 Å². The highest BCUT2D eigenvalue weighted by molar-refractivity contribution is 5.95. The summed E-state index contributed by atoms with van der Waals surface area (Å²) in [5.41, 5.74) is 0.992. The molecule has 0 aliphatic carbocycles. The zero-order valence-corrected chi connectivity index (χ0v) is 11.6. The molecule has 0 aromatic carbocycles. The average molecular weight is 287 g/mol. The predicted molar refractivity (Wildman–Crippen MR) is 76.3 cm³/mol. The fourth-order valence-electron chi connectivity index (χ4n) is 1.96. The predicted octanol–water partition coefficient (Wildman–Crippen LogP) is -0.222. The van der Waals surface area contributed by atoms with Crippen LogP contribution in [0.4, 0.5) is 0 Å². The Bertz CT molecular complexity index is 572. The molecule has 1 aliphatic heterocycles. The van der Waals surface area contributed by atoms with Gasteiger partial charge in [-0.3, -0.25) is 9.59 Å². The van der Waals surface area contributed by atoms with Crippen molar-refractivity contribution in [3.63, 3.8) is 0 Å². The molecule has 6 nitrogen and oxygen atoms in total. The number of nitrogens with one attached hydrogen (secondary N) is 1. The first-order valence-electron chi connectivity index (χ1n) is 6.82. The van der Waals surface area contributed by atoms with Gasteiger partial charge in [-0.2, -0.15) is 0 Å². The molecule has 0 saturated carbocycles. The lowest BCUT2D eigenvalue weighted by atomic mass is 10.2. The van der Waals surface area contributed by atoms with Crippen LogP contribution in [0.3, 0.4) is 0 Å². The van der Waals surface area contributed by atoms with Crippen LogP contribution in [-0.2, 0) is 4.79 Å². The van der Waals surface area contributed by atoms with Gasteiger partial charge in [-0.25, -0.2) is 4.98 Å². The van der Waals surface area contributed by atoms with Gasteiger partial charge in [0.15, 0.2) is 0 Å². The second kappa shape index (κ2) is 7.41. The van der Waals surface area contributed by atoms with E-state index in [0.29, 0.717) is 30.8 Å². The Balaban J connectivity index is 2.05. The van der Waals surface area contributed by atoms with Gasteiger partial charge < -0.3 is 15.3 Å². The van der Waals surface area contributed by atoms with Crippen molar-refractivity contribution in [1.82, 2.24) is 15.2 Å². The number of carbonyl (C=O) groups excluding carboxylic acids is 2. The fourth-order valence-corrected chi connectivity index (χ4v) is 1.96. The first-order chi connectivity index (χ1) is 10.2. The molecule has 0 radical (unpaired) electrons. The van der Waals surface area contributed by atoms with Crippen LogP contribution in [0.1, 0.15) is 28.9 Å². The normalized spacial score (nSPS) is 14.7. The number of aliphatic hydroxyl groups is 1. The monoisotopic (exact) mass is 287 g/mol. The molecule has 2 rings (SSSR count). The number of pyridine rings is 1. The number of carbonyl (C=O) groups is 2. The van der Waals surface area contributed by atoms with E-state index < -0.39 is 0 Å². The van der Waals surface area contributed by atoms with E-state index in [2.05, 4.69) is 22.1 Å². The number of amides is 2. The van der Waals surface area contributed by atoms with Crippen molar-refractivity contribution in [1.29, 1.82) is 0 Å². The second-order valence-electron chi connectivity index (χ2n) is 4.64. The maximum Gasteiger partial charge on any atom is 0.272 e. The molecule has 1 saturated heterocycles. The lowest BCUT2D eigenvalue weighted by molar-refractivity contribution is -0.121. The molecule has 0 bridgehead atoms. The Morgan fingerprint density at radius 2 is 2.33 bits per heavy atom. The van der Waals surface area contributed by atoms with Gasteiger partial charge in [-0.05, 0) is 18.6 Å². The molecule has 0 spiro atoms. The van der Waals surface area contributed by atoms with Crippen LogP contribution in [-0.4, -0.2) is 53.0 Å². The van der Waals surface area contributed by atoms with E-state index in [-0.39, 0.29) is 25.0 Å². The Morgan fingerprint density at radius 1 is 1.48 bits per heavy atom. The number of rotatable bonds is 2. The summed E-state index contributed by atoms with van der Waals surface area (Å²) >= 11 is 0. The topological polar surface area (TPSA) is 82.5 Å². The third-order valence-electron chi connectivity index (χ3n) is 3.00. The molecule has 21 heavy (non-hydrogen) atoms. The van der Waals surface area contributed by atoms with Crippen LogP contribution in [0, 0.1) is 11.8 Å². The molecule has 0 atom stereocenters. The van der Waals surface area contributed by atoms with Gasteiger partial charge in [0.05, 0.1) is 13.2 Å². The molecule has 1 aromatic rings. The number of aliphatic hydroxyl groups excluding tert-OH is 1. The third-order valence-corrected chi connectivity index (χ3v) is 3.00. The quantitative estimate of drug-likeness (QED) is 0.737. The van der Waals surface area contributed by atoms with E-state index in [1.165, 1.54) is 11.1 Å². The smallest absolute Gasteiger partial charge is 0.272 e. The zero-order valence-electron chi connectivity index (χ0n) is 11.6. The summed E-state index contributed by atoms with van der Waals surface area (Å²) in [6, 6.07) is 3.32. The summed E-state index contributed by atoms with van der Waals surface area (Å²) < 4.78 is 0. The van der Waals surface area contributed by atoms with Crippen LogP contribution < -0.4 is 5.32 Å². The van der Waals surface area contributed by atoms with Gasteiger partial charge in [0.25, 0.3) is 5.91 Å². The zero-order chi connectivity index (χ0) is 15.1. The summed E-state index contributed by atoms with van der Waals surface area (Å²) in [4.78, 5) is 29.4. The summed E-state index contributed by atoms with van der Waals surface area (Å²) in [5, 5.41) is 11.4. The fraction of sp³-hybridized carbons (Fsp3) is 0.400. The summed E-state index contributed by atoms with van der Waals surface area (Å²) in [6.07, 6.45) is 2.67. The first-order valence-corrected chi connectivity index (χ1v) is 6.82. The summed E-state index contributed by atoms with van der Waals surface area (Å²) in [7, 11) is 0. The third kappa shape index (κ3) is 4.29. The highest BCUT2D eigenvalue weighted by Gasteiger charge is 2.21. The highest BCUT2D eigenvalue weighted by Crippen LogP contribution is 2.06. The molecule has 2 heterocycles. The molecule has 1 aliphatic rings. The van der Waals surface area contributed by atoms with Crippen LogP contribution in [0.25, 0.3) is 0 Å². The van der Waals surface area contributed by atoms with Crippen molar-refractivity contribution in [3.05, 3.63) is 29.6 Å². The molecular weight excluding hydrogens is 270 g/mol. The van der Waals surface area contributed by atoms with Gasteiger partial charge in [0.1, 0.15) is 5.69 Å². The van der Waals surface area contributed by atoms with Crippen molar-refractivity contribution in [2.24, 2.45) is 0 Å². The number of aromatic nitrogens is 1. The molecule has 2 amide bonds. The Kier molecular flexibility index (Phi) is 5.29. The molecular formula is C15H17N3O3. The van der Waals surface area contributed by atoms with Crippen LogP contribution in [0.5, 0.6) is 0 Å². The molecule has 1 aromatic heterocycles. The first kappa shape index (κ1) is 15.0. The number of nitrogens with zero attached hydrogens (tertiary/aromatic N) is 2. The van der Waals surface area contributed by atoms with Crippen molar-refractivity contribution in [3.8, 4) is 11.8 Å². The largest absolute Gasteiger partial charge is 0.395 e. The molecule has 6 heteroatoms. The number of hydrogen-bond donors (Lipinski definition) is 2. The van der Waals surface area contributed by atoms with E-state index in [4.69, 9.17) is 5.11 Å². The summed E-state index contributed by atoms with van der Waals surface area (Å²) in [6.45, 7) is 1.22. The standard InChI is InChI=1S/C15H17N3O3/c19-9-2-1-4-12-5-6-13(17-10-12)15(21)18-8-3-7-16-14(20)11-18/h5-6,10,19H,2-3,7-9,11H2,(H,16,20). The van der Waals surface area contributed by atoms with Crippen LogP contribution in [0.2, 0.25) is 0 Å². The molecule has 2 N–H and O–H groups in total. The van der Waals surface area contributed by atoms with Crippen LogP contribution >= 0.6 is 0 Å². The van der Waals surface area contributed by atoms with Crippen molar-refractivity contribution >= 4 is 11.8 Å². The maximum absolute atomic E-state index is 12.3. The minimum Gasteiger partial charge on any atom is -0.395 e. The summed E-state index contributed by atoms with van der Waals surface area (Å²) in [5.74, 6) is 5.24. The van der Waals surface area contributed by atoms with Gasteiger partial charge in [0.2, 0.25) is 5.91 Å².